The van der Waals surface area contributed by atoms with Crippen LogP contribution in [0.5, 0.6) is 0 Å². The molecule has 1 aromatic heterocycles. The van der Waals surface area contributed by atoms with E-state index < -0.39 is 12.3 Å². The highest BCUT2D eigenvalue weighted by atomic mass is 32.2. The van der Waals surface area contributed by atoms with Crippen LogP contribution in [0.3, 0.4) is 0 Å². The Morgan fingerprint density at radius 2 is 1.68 bits per heavy atom. The molecular weight excluding hydrogens is 599 g/mol. The number of benzene rings is 3. The number of aliphatic hydroxyl groups excluding tert-OH is 1. The maximum absolute atomic E-state index is 12.1. The standard InChI is InChI=1S/C33H35N3O6S2/c1-20-28(19-43-33-36-35-21(2)44-33)41-32(42-31(20)24-9-7-22(18-37)8-10-24)25-13-11-23(12-14-25)27-6-4-3-5-26(27)17-34-29(38)15-16-30(39)40/h3-14,20,28,31-32,37H,15-19H2,1-2H3,(H,34,38)(H,39,40). The van der Waals surface area contributed by atoms with Gasteiger partial charge < -0.3 is 25.0 Å². The Kier molecular flexibility index (Phi) is 10.8. The first-order valence-electron chi connectivity index (χ1n) is 14.4. The van der Waals surface area contributed by atoms with Crippen molar-refractivity contribution in [3.05, 3.63) is 100 Å². The number of aromatic nitrogens is 2. The molecule has 0 radical (unpaired) electrons. The molecule has 1 saturated heterocycles. The number of amides is 1. The minimum absolute atomic E-state index is 0.0137. The summed E-state index contributed by atoms with van der Waals surface area (Å²) in [7, 11) is 0. The molecule has 230 valence electrons. The zero-order valence-electron chi connectivity index (χ0n) is 24.5. The van der Waals surface area contributed by atoms with Gasteiger partial charge in [-0.05, 0) is 34.7 Å². The first-order valence-corrected chi connectivity index (χ1v) is 16.2. The highest BCUT2D eigenvalue weighted by Gasteiger charge is 2.38. The quantitative estimate of drug-likeness (QED) is 0.159. The van der Waals surface area contributed by atoms with E-state index in [-0.39, 0.29) is 43.5 Å². The van der Waals surface area contributed by atoms with Crippen molar-refractivity contribution >= 4 is 35.0 Å². The van der Waals surface area contributed by atoms with Gasteiger partial charge in [0.15, 0.2) is 10.6 Å². The molecule has 4 aromatic rings. The summed E-state index contributed by atoms with van der Waals surface area (Å²) in [5.74, 6) is -0.536. The first kappa shape index (κ1) is 31.8. The summed E-state index contributed by atoms with van der Waals surface area (Å²) < 4.78 is 14.1. The van der Waals surface area contributed by atoms with E-state index in [1.54, 1.807) is 23.1 Å². The molecule has 0 bridgehead atoms. The summed E-state index contributed by atoms with van der Waals surface area (Å²) >= 11 is 3.21. The lowest BCUT2D eigenvalue weighted by molar-refractivity contribution is -0.268. The maximum atomic E-state index is 12.1. The Morgan fingerprint density at radius 3 is 2.36 bits per heavy atom. The number of carbonyl (C=O) groups is 2. The van der Waals surface area contributed by atoms with E-state index in [1.165, 1.54) is 0 Å². The molecule has 1 fully saturated rings. The molecule has 0 saturated carbocycles. The minimum atomic E-state index is -0.996. The van der Waals surface area contributed by atoms with E-state index >= 15 is 0 Å². The van der Waals surface area contributed by atoms with Gasteiger partial charge in [-0.1, -0.05) is 103 Å². The Bertz CT molecular complexity index is 1560. The number of aliphatic hydroxyl groups is 1. The third-order valence-corrected chi connectivity index (χ3v) is 9.62. The number of rotatable bonds is 12. The minimum Gasteiger partial charge on any atom is -0.481 e. The van der Waals surface area contributed by atoms with E-state index in [2.05, 4.69) is 22.4 Å². The van der Waals surface area contributed by atoms with Crippen LogP contribution < -0.4 is 5.32 Å². The van der Waals surface area contributed by atoms with E-state index in [0.29, 0.717) is 12.3 Å². The lowest BCUT2D eigenvalue weighted by atomic mass is 9.91. The van der Waals surface area contributed by atoms with Crippen molar-refractivity contribution in [2.24, 2.45) is 5.92 Å². The lowest BCUT2D eigenvalue weighted by Gasteiger charge is -2.41. The molecule has 4 unspecified atom stereocenters. The summed E-state index contributed by atoms with van der Waals surface area (Å²) in [6.07, 6.45) is -1.18. The lowest BCUT2D eigenvalue weighted by Crippen LogP contribution is -2.38. The summed E-state index contributed by atoms with van der Waals surface area (Å²) in [6.45, 7) is 4.36. The predicted molar refractivity (Wildman–Crippen MR) is 169 cm³/mol. The van der Waals surface area contributed by atoms with Crippen LogP contribution in [0.15, 0.2) is 77.1 Å². The molecule has 3 aromatic carbocycles. The number of carbonyl (C=O) groups excluding carboxylic acids is 1. The topological polar surface area (TPSA) is 131 Å². The van der Waals surface area contributed by atoms with Crippen LogP contribution in [0.4, 0.5) is 0 Å². The Labute approximate surface area is 264 Å². The molecule has 1 aliphatic heterocycles. The van der Waals surface area contributed by atoms with Crippen LogP contribution >= 0.6 is 23.1 Å². The normalized spacial score (nSPS) is 19.9. The van der Waals surface area contributed by atoms with Gasteiger partial charge >= 0.3 is 5.97 Å². The average Bonchev–Trinajstić information content (AvgIpc) is 3.47. The van der Waals surface area contributed by atoms with Gasteiger partial charge in [0.05, 0.1) is 25.2 Å². The molecular formula is C33H35N3O6S2. The smallest absolute Gasteiger partial charge is 0.303 e. The van der Waals surface area contributed by atoms with Crippen LogP contribution in [0, 0.1) is 12.8 Å². The molecule has 0 aliphatic carbocycles. The van der Waals surface area contributed by atoms with Crippen molar-refractivity contribution in [2.45, 2.75) is 62.7 Å². The number of hydrogen-bond donors (Lipinski definition) is 3. The molecule has 4 atom stereocenters. The zero-order chi connectivity index (χ0) is 31.1. The van der Waals surface area contributed by atoms with E-state index in [0.717, 1.165) is 42.7 Å². The van der Waals surface area contributed by atoms with Crippen LogP contribution in [0.2, 0.25) is 0 Å². The fourth-order valence-corrected chi connectivity index (χ4v) is 7.08. The van der Waals surface area contributed by atoms with Gasteiger partial charge in [0, 0.05) is 30.2 Å². The second-order valence-electron chi connectivity index (χ2n) is 10.7. The van der Waals surface area contributed by atoms with Crippen molar-refractivity contribution in [1.29, 1.82) is 0 Å². The summed E-state index contributed by atoms with van der Waals surface area (Å²) in [5.41, 5.74) is 5.64. The van der Waals surface area contributed by atoms with Crippen LogP contribution in [0.25, 0.3) is 11.1 Å². The highest BCUT2D eigenvalue weighted by molar-refractivity contribution is 8.01. The number of carboxylic acid groups (broad SMARTS) is 1. The van der Waals surface area contributed by atoms with Gasteiger partial charge in [-0.3, -0.25) is 9.59 Å². The van der Waals surface area contributed by atoms with Gasteiger partial charge in [0.25, 0.3) is 0 Å². The maximum Gasteiger partial charge on any atom is 0.303 e. The number of aryl methyl sites for hydroxylation is 1. The van der Waals surface area contributed by atoms with Crippen LogP contribution in [0.1, 0.15) is 59.4 Å². The average molecular weight is 634 g/mol. The SMILES string of the molecule is Cc1nnc(SCC2OC(c3ccc(-c4ccccc4CNC(=O)CCC(=O)O)cc3)OC(c3ccc(CO)cc3)C2C)s1. The number of hydrogen-bond acceptors (Lipinski definition) is 9. The Balaban J connectivity index is 1.34. The molecule has 2 heterocycles. The largest absolute Gasteiger partial charge is 0.481 e. The van der Waals surface area contributed by atoms with Crippen molar-refractivity contribution in [3.8, 4) is 11.1 Å². The summed E-state index contributed by atoms with van der Waals surface area (Å²) in [5, 5.41) is 30.5. The van der Waals surface area contributed by atoms with E-state index in [1.807, 2.05) is 79.7 Å². The van der Waals surface area contributed by atoms with Crippen molar-refractivity contribution in [2.75, 3.05) is 5.75 Å². The molecule has 5 rings (SSSR count). The number of nitrogens with zero attached hydrogens (tertiary/aromatic N) is 2. The van der Waals surface area contributed by atoms with Crippen LogP contribution in [-0.4, -0.2) is 44.1 Å². The predicted octanol–water partition coefficient (Wildman–Crippen LogP) is 6.07. The zero-order valence-corrected chi connectivity index (χ0v) is 26.1. The third kappa shape index (κ3) is 8.10. The van der Waals surface area contributed by atoms with Crippen molar-refractivity contribution < 1.29 is 29.3 Å². The number of nitrogens with one attached hydrogen (secondary N) is 1. The number of thioether (sulfide) groups is 1. The monoisotopic (exact) mass is 633 g/mol. The Morgan fingerprint density at radius 1 is 0.955 bits per heavy atom. The molecule has 3 N–H and O–H groups in total. The molecule has 44 heavy (non-hydrogen) atoms. The van der Waals surface area contributed by atoms with E-state index in [4.69, 9.17) is 14.6 Å². The number of aliphatic carboxylic acids is 1. The van der Waals surface area contributed by atoms with Crippen molar-refractivity contribution in [1.82, 2.24) is 15.5 Å². The fourth-order valence-electron chi connectivity index (χ4n) is 5.08. The van der Waals surface area contributed by atoms with Gasteiger partial charge in [0.2, 0.25) is 5.91 Å². The molecule has 9 nitrogen and oxygen atoms in total. The second-order valence-corrected chi connectivity index (χ2v) is 13.1. The number of ether oxygens (including phenoxy) is 2. The number of carboxylic acids is 1. The van der Waals surface area contributed by atoms with Gasteiger partial charge in [0.1, 0.15) is 5.01 Å². The molecule has 11 heteroatoms. The van der Waals surface area contributed by atoms with Gasteiger partial charge in [-0.2, -0.15) is 0 Å². The Hall–Kier alpha value is -3.61. The van der Waals surface area contributed by atoms with E-state index in [9.17, 15) is 14.7 Å². The van der Waals surface area contributed by atoms with Gasteiger partial charge in [-0.25, -0.2) is 0 Å². The molecule has 1 aliphatic rings. The van der Waals surface area contributed by atoms with Crippen molar-refractivity contribution in [3.63, 3.8) is 0 Å². The molecule has 1 amide bonds. The van der Waals surface area contributed by atoms with Gasteiger partial charge in [-0.15, -0.1) is 10.2 Å². The highest BCUT2D eigenvalue weighted by Crippen LogP contribution is 2.43. The molecule has 0 spiro atoms. The first-order chi connectivity index (χ1) is 21.3. The second kappa shape index (κ2) is 14.9. The van der Waals surface area contributed by atoms with Crippen LogP contribution in [-0.2, 0) is 32.2 Å². The summed E-state index contributed by atoms with van der Waals surface area (Å²) in [4.78, 5) is 22.9. The fraction of sp³-hybridized carbons (Fsp3) is 0.333. The third-order valence-electron chi connectivity index (χ3n) is 7.56. The summed E-state index contributed by atoms with van der Waals surface area (Å²) in [6, 6.07) is 23.7.